The number of nitro benzene ring substituents is 1. The maximum atomic E-state index is 12.8. The molecule has 2 aromatic carbocycles. The third-order valence-electron chi connectivity index (χ3n) is 4.17. The van der Waals surface area contributed by atoms with Crippen molar-refractivity contribution in [1.82, 2.24) is 4.90 Å². The minimum absolute atomic E-state index is 0.00494. The number of nitro groups is 1. The Morgan fingerprint density at radius 2 is 1.75 bits per heavy atom. The van der Waals surface area contributed by atoms with Crippen molar-refractivity contribution in [3.63, 3.8) is 0 Å². The van der Waals surface area contributed by atoms with Crippen LogP contribution < -0.4 is 0 Å². The molecule has 5 heteroatoms. The molecule has 0 aromatic heterocycles. The molecule has 1 unspecified atom stereocenters. The standard InChI is InChI=1S/C19H22N2O3/c1-3-15(2)20(14-16-9-5-4-6-10-16)19(22)13-17-11-7-8-12-18(17)21(23)24/h4-12,15H,3,13-14H2,1-2H3. The number of benzene rings is 2. The van der Waals surface area contributed by atoms with Crippen LogP contribution in [0.2, 0.25) is 0 Å². The van der Waals surface area contributed by atoms with Gasteiger partial charge in [-0.2, -0.15) is 0 Å². The molecule has 0 saturated carbocycles. The number of rotatable bonds is 7. The van der Waals surface area contributed by atoms with Crippen molar-refractivity contribution >= 4 is 11.6 Å². The topological polar surface area (TPSA) is 63.5 Å². The highest BCUT2D eigenvalue weighted by Crippen LogP contribution is 2.20. The molecule has 0 aliphatic rings. The quantitative estimate of drug-likeness (QED) is 0.571. The number of para-hydroxylation sites is 1. The van der Waals surface area contributed by atoms with Gasteiger partial charge in [-0.25, -0.2) is 0 Å². The van der Waals surface area contributed by atoms with E-state index in [-0.39, 0.29) is 24.1 Å². The Hall–Kier alpha value is -2.69. The second-order valence-corrected chi connectivity index (χ2v) is 5.83. The van der Waals surface area contributed by atoms with Gasteiger partial charge in [-0.05, 0) is 18.9 Å². The molecular weight excluding hydrogens is 304 g/mol. The summed E-state index contributed by atoms with van der Waals surface area (Å²) in [6, 6.07) is 16.3. The first-order valence-corrected chi connectivity index (χ1v) is 8.08. The van der Waals surface area contributed by atoms with Gasteiger partial charge in [-0.3, -0.25) is 14.9 Å². The van der Waals surface area contributed by atoms with Crippen molar-refractivity contribution in [3.05, 3.63) is 75.8 Å². The highest BCUT2D eigenvalue weighted by molar-refractivity contribution is 5.80. The first-order valence-electron chi connectivity index (χ1n) is 8.08. The monoisotopic (exact) mass is 326 g/mol. The van der Waals surface area contributed by atoms with E-state index < -0.39 is 4.92 Å². The van der Waals surface area contributed by atoms with Crippen molar-refractivity contribution in [1.29, 1.82) is 0 Å². The van der Waals surface area contributed by atoms with Crippen molar-refractivity contribution in [2.45, 2.75) is 39.3 Å². The summed E-state index contributed by atoms with van der Waals surface area (Å²) in [5.41, 5.74) is 1.50. The molecule has 0 N–H and O–H groups in total. The summed E-state index contributed by atoms with van der Waals surface area (Å²) < 4.78 is 0. The van der Waals surface area contributed by atoms with Gasteiger partial charge >= 0.3 is 0 Å². The zero-order valence-electron chi connectivity index (χ0n) is 14.0. The SMILES string of the molecule is CCC(C)N(Cc1ccccc1)C(=O)Cc1ccccc1[N+](=O)[O-]. The first kappa shape index (κ1) is 17.7. The predicted molar refractivity (Wildman–Crippen MR) is 93.5 cm³/mol. The molecule has 0 heterocycles. The minimum Gasteiger partial charge on any atom is -0.335 e. The van der Waals surface area contributed by atoms with Crippen LogP contribution in [-0.2, 0) is 17.8 Å². The third kappa shape index (κ3) is 4.41. The molecule has 0 saturated heterocycles. The van der Waals surface area contributed by atoms with E-state index in [9.17, 15) is 14.9 Å². The molecule has 0 aliphatic heterocycles. The highest BCUT2D eigenvalue weighted by atomic mass is 16.6. The van der Waals surface area contributed by atoms with Crippen LogP contribution >= 0.6 is 0 Å². The van der Waals surface area contributed by atoms with Gasteiger partial charge in [0.2, 0.25) is 5.91 Å². The number of hydrogen-bond donors (Lipinski definition) is 0. The minimum atomic E-state index is -0.437. The Bertz CT molecular complexity index is 701. The highest BCUT2D eigenvalue weighted by Gasteiger charge is 2.22. The van der Waals surface area contributed by atoms with E-state index in [0.29, 0.717) is 12.1 Å². The summed E-state index contributed by atoms with van der Waals surface area (Å²) in [5.74, 6) is -0.0949. The molecule has 2 rings (SSSR count). The van der Waals surface area contributed by atoms with E-state index in [1.54, 1.807) is 23.1 Å². The molecule has 0 radical (unpaired) electrons. The molecule has 0 fully saturated rings. The lowest BCUT2D eigenvalue weighted by atomic mass is 10.1. The maximum Gasteiger partial charge on any atom is 0.273 e. The summed E-state index contributed by atoms with van der Waals surface area (Å²) >= 11 is 0. The summed E-state index contributed by atoms with van der Waals surface area (Å²) in [6.45, 7) is 4.54. The lowest BCUT2D eigenvalue weighted by molar-refractivity contribution is -0.385. The van der Waals surface area contributed by atoms with Crippen molar-refractivity contribution < 1.29 is 9.72 Å². The number of carbonyl (C=O) groups is 1. The summed E-state index contributed by atoms with van der Waals surface area (Å²) in [5, 5.41) is 11.1. The van der Waals surface area contributed by atoms with Crippen LogP contribution in [0.1, 0.15) is 31.4 Å². The van der Waals surface area contributed by atoms with Crippen LogP contribution in [0.4, 0.5) is 5.69 Å². The maximum absolute atomic E-state index is 12.8. The van der Waals surface area contributed by atoms with Gasteiger partial charge in [-0.1, -0.05) is 55.5 Å². The molecule has 0 aliphatic carbocycles. The van der Waals surface area contributed by atoms with Gasteiger partial charge in [0.1, 0.15) is 0 Å². The Balaban J connectivity index is 2.21. The normalized spacial score (nSPS) is 11.8. The number of hydrogen-bond acceptors (Lipinski definition) is 3. The van der Waals surface area contributed by atoms with Gasteiger partial charge in [0.05, 0.1) is 11.3 Å². The molecule has 2 aromatic rings. The van der Waals surface area contributed by atoms with Crippen LogP contribution in [0.15, 0.2) is 54.6 Å². The summed E-state index contributed by atoms with van der Waals surface area (Å²) in [7, 11) is 0. The molecule has 126 valence electrons. The van der Waals surface area contributed by atoms with E-state index in [1.165, 1.54) is 6.07 Å². The second-order valence-electron chi connectivity index (χ2n) is 5.83. The van der Waals surface area contributed by atoms with Crippen molar-refractivity contribution in [2.75, 3.05) is 0 Å². The van der Waals surface area contributed by atoms with Gasteiger partial charge in [0.25, 0.3) is 5.69 Å². The van der Waals surface area contributed by atoms with Crippen LogP contribution in [-0.4, -0.2) is 21.8 Å². The molecule has 1 atom stereocenters. The molecule has 0 spiro atoms. The smallest absolute Gasteiger partial charge is 0.273 e. The molecular formula is C19H22N2O3. The largest absolute Gasteiger partial charge is 0.335 e. The van der Waals surface area contributed by atoms with Crippen molar-refractivity contribution in [3.8, 4) is 0 Å². The molecule has 1 amide bonds. The van der Waals surface area contributed by atoms with E-state index in [0.717, 1.165) is 12.0 Å². The molecule has 5 nitrogen and oxygen atoms in total. The van der Waals surface area contributed by atoms with Gasteiger partial charge < -0.3 is 4.90 Å². The van der Waals surface area contributed by atoms with E-state index in [4.69, 9.17) is 0 Å². The zero-order chi connectivity index (χ0) is 17.5. The Morgan fingerprint density at radius 3 is 2.38 bits per heavy atom. The van der Waals surface area contributed by atoms with E-state index in [1.807, 2.05) is 44.2 Å². The Morgan fingerprint density at radius 1 is 1.12 bits per heavy atom. The lowest BCUT2D eigenvalue weighted by Gasteiger charge is -2.29. The van der Waals surface area contributed by atoms with Crippen molar-refractivity contribution in [2.24, 2.45) is 0 Å². The lowest BCUT2D eigenvalue weighted by Crippen LogP contribution is -2.38. The Kier molecular flexibility index (Phi) is 6.07. The summed E-state index contributed by atoms with van der Waals surface area (Å²) in [4.78, 5) is 25.3. The molecule has 24 heavy (non-hydrogen) atoms. The van der Waals surface area contributed by atoms with Gasteiger partial charge in [0.15, 0.2) is 0 Å². The fraction of sp³-hybridized carbons (Fsp3) is 0.316. The number of carbonyl (C=O) groups excluding carboxylic acids is 1. The summed E-state index contributed by atoms with van der Waals surface area (Å²) in [6.07, 6.45) is 0.865. The van der Waals surface area contributed by atoms with E-state index >= 15 is 0 Å². The first-order chi connectivity index (χ1) is 11.5. The van der Waals surface area contributed by atoms with Crippen LogP contribution in [0.25, 0.3) is 0 Å². The number of amides is 1. The average molecular weight is 326 g/mol. The Labute approximate surface area is 142 Å². The second kappa shape index (κ2) is 8.24. The average Bonchev–Trinajstić information content (AvgIpc) is 2.60. The van der Waals surface area contributed by atoms with E-state index in [2.05, 4.69) is 0 Å². The van der Waals surface area contributed by atoms with Gasteiger partial charge in [0, 0.05) is 24.2 Å². The third-order valence-corrected chi connectivity index (χ3v) is 4.17. The van der Waals surface area contributed by atoms with Crippen LogP contribution in [0.5, 0.6) is 0 Å². The zero-order valence-corrected chi connectivity index (χ0v) is 14.0. The van der Waals surface area contributed by atoms with Gasteiger partial charge in [-0.15, -0.1) is 0 Å². The number of nitrogens with zero attached hydrogens (tertiary/aromatic N) is 2. The molecule has 0 bridgehead atoms. The fourth-order valence-corrected chi connectivity index (χ4v) is 2.59. The predicted octanol–water partition coefficient (Wildman–Crippen LogP) is 3.96. The van der Waals surface area contributed by atoms with Crippen LogP contribution in [0, 0.1) is 10.1 Å². The fourth-order valence-electron chi connectivity index (χ4n) is 2.59. The van der Waals surface area contributed by atoms with Crippen LogP contribution in [0.3, 0.4) is 0 Å².